The van der Waals surface area contributed by atoms with Crippen molar-refractivity contribution < 1.29 is 14.3 Å². The van der Waals surface area contributed by atoms with E-state index in [2.05, 4.69) is 10.2 Å². The highest BCUT2D eigenvalue weighted by molar-refractivity contribution is 6.30. The van der Waals surface area contributed by atoms with E-state index in [0.717, 1.165) is 18.2 Å². The van der Waals surface area contributed by atoms with E-state index in [9.17, 15) is 20.2 Å². The molecule has 0 N–H and O–H groups in total. The van der Waals surface area contributed by atoms with Crippen molar-refractivity contribution in [3.63, 3.8) is 0 Å². The minimum absolute atomic E-state index is 0.0632. The second kappa shape index (κ2) is 6.05. The number of halogens is 1. The molecular formula is C14H7ClN4O5. The lowest BCUT2D eigenvalue weighted by Gasteiger charge is -1.98. The lowest BCUT2D eigenvalue weighted by Crippen LogP contribution is -1.94. The molecule has 3 aromatic rings. The smallest absolute Gasteiger partial charge is 0.277 e. The first-order valence-electron chi connectivity index (χ1n) is 6.48. The third-order valence-corrected chi connectivity index (χ3v) is 3.34. The highest BCUT2D eigenvalue weighted by Crippen LogP contribution is 2.30. The van der Waals surface area contributed by atoms with Gasteiger partial charge in [0.15, 0.2) is 0 Å². The van der Waals surface area contributed by atoms with Gasteiger partial charge in [0.2, 0.25) is 11.8 Å². The fraction of sp³-hybridized carbons (Fsp3) is 0. The summed E-state index contributed by atoms with van der Waals surface area (Å²) in [6.45, 7) is 0. The summed E-state index contributed by atoms with van der Waals surface area (Å²) in [6, 6.07) is 9.72. The summed E-state index contributed by atoms with van der Waals surface area (Å²) >= 11 is 5.80. The van der Waals surface area contributed by atoms with Gasteiger partial charge in [-0.2, -0.15) is 0 Å². The van der Waals surface area contributed by atoms with Gasteiger partial charge in [-0.25, -0.2) is 0 Å². The molecule has 0 saturated carbocycles. The predicted octanol–water partition coefficient (Wildman–Crippen LogP) is 3.87. The number of nitro groups is 2. The number of non-ortho nitro benzene ring substituents is 2. The average molecular weight is 347 g/mol. The van der Waals surface area contributed by atoms with Gasteiger partial charge < -0.3 is 4.42 Å². The zero-order valence-corrected chi connectivity index (χ0v) is 12.5. The zero-order chi connectivity index (χ0) is 17.3. The van der Waals surface area contributed by atoms with Crippen LogP contribution in [0.3, 0.4) is 0 Å². The Balaban J connectivity index is 2.04. The van der Waals surface area contributed by atoms with Crippen LogP contribution in [0.4, 0.5) is 11.4 Å². The van der Waals surface area contributed by atoms with Crippen LogP contribution in [0, 0.1) is 20.2 Å². The number of hydrogen-bond acceptors (Lipinski definition) is 7. The van der Waals surface area contributed by atoms with E-state index in [1.165, 1.54) is 0 Å². The van der Waals surface area contributed by atoms with Crippen LogP contribution >= 0.6 is 11.6 Å². The highest BCUT2D eigenvalue weighted by atomic mass is 35.5. The summed E-state index contributed by atoms with van der Waals surface area (Å²) in [6.07, 6.45) is 0. The van der Waals surface area contributed by atoms with Crippen molar-refractivity contribution >= 4 is 23.0 Å². The topological polar surface area (TPSA) is 125 Å². The third-order valence-electron chi connectivity index (χ3n) is 3.09. The van der Waals surface area contributed by atoms with Crippen LogP contribution in [0.5, 0.6) is 0 Å². The third kappa shape index (κ3) is 3.06. The number of aromatic nitrogens is 2. The molecule has 0 radical (unpaired) electrons. The summed E-state index contributed by atoms with van der Waals surface area (Å²) in [5.41, 5.74) is -0.197. The van der Waals surface area contributed by atoms with E-state index < -0.39 is 21.2 Å². The van der Waals surface area contributed by atoms with Crippen LogP contribution in [0.15, 0.2) is 46.9 Å². The number of nitrogens with zero attached hydrogens (tertiary/aromatic N) is 4. The number of rotatable bonds is 4. The summed E-state index contributed by atoms with van der Waals surface area (Å²) in [5, 5.41) is 30.0. The van der Waals surface area contributed by atoms with Gasteiger partial charge in [-0.15, -0.1) is 10.2 Å². The van der Waals surface area contributed by atoms with Gasteiger partial charge in [-0.3, -0.25) is 20.2 Å². The van der Waals surface area contributed by atoms with Crippen molar-refractivity contribution in [2.45, 2.75) is 0 Å². The largest absolute Gasteiger partial charge is 0.416 e. The van der Waals surface area contributed by atoms with Crippen molar-refractivity contribution in [1.29, 1.82) is 0 Å². The van der Waals surface area contributed by atoms with Crippen molar-refractivity contribution in [1.82, 2.24) is 10.2 Å². The Kier molecular flexibility index (Phi) is 3.92. The van der Waals surface area contributed by atoms with Crippen molar-refractivity contribution in [3.05, 3.63) is 67.7 Å². The van der Waals surface area contributed by atoms with Crippen LogP contribution in [0.1, 0.15) is 0 Å². The van der Waals surface area contributed by atoms with Crippen LogP contribution in [-0.2, 0) is 0 Å². The summed E-state index contributed by atoms with van der Waals surface area (Å²) in [4.78, 5) is 20.4. The lowest BCUT2D eigenvalue weighted by atomic mass is 10.1. The average Bonchev–Trinajstić information content (AvgIpc) is 3.05. The Bertz CT molecular complexity index is 906. The van der Waals surface area contributed by atoms with E-state index in [-0.39, 0.29) is 17.3 Å². The van der Waals surface area contributed by atoms with Crippen LogP contribution in [-0.4, -0.2) is 20.0 Å². The Hall–Kier alpha value is -3.33. The normalized spacial score (nSPS) is 10.5. The SMILES string of the molecule is O=[N+]([O-])c1cc(-c2nnc(-c3ccc(Cl)cc3)o2)cc([N+](=O)[O-])c1. The molecule has 0 aliphatic carbocycles. The Labute approximate surface area is 138 Å². The molecule has 0 aliphatic rings. The molecule has 3 rings (SSSR count). The minimum Gasteiger partial charge on any atom is -0.416 e. The van der Waals surface area contributed by atoms with Gasteiger partial charge in [0.25, 0.3) is 11.4 Å². The predicted molar refractivity (Wildman–Crippen MR) is 83.5 cm³/mol. The maximum Gasteiger partial charge on any atom is 0.277 e. The van der Waals surface area contributed by atoms with Gasteiger partial charge in [0.05, 0.1) is 21.5 Å². The van der Waals surface area contributed by atoms with Crippen LogP contribution < -0.4 is 0 Å². The van der Waals surface area contributed by atoms with E-state index in [0.29, 0.717) is 10.6 Å². The molecule has 0 aliphatic heterocycles. The Morgan fingerprint density at radius 1 is 0.833 bits per heavy atom. The molecule has 0 spiro atoms. The zero-order valence-electron chi connectivity index (χ0n) is 11.7. The quantitative estimate of drug-likeness (QED) is 0.518. The van der Waals surface area contributed by atoms with Crippen LogP contribution in [0.25, 0.3) is 22.9 Å². The van der Waals surface area contributed by atoms with Gasteiger partial charge in [0, 0.05) is 22.7 Å². The molecule has 120 valence electrons. The molecule has 9 nitrogen and oxygen atoms in total. The molecule has 2 aromatic carbocycles. The van der Waals surface area contributed by atoms with Gasteiger partial charge in [-0.1, -0.05) is 11.6 Å². The molecule has 10 heteroatoms. The molecular weight excluding hydrogens is 340 g/mol. The number of nitro benzene ring substituents is 2. The summed E-state index contributed by atoms with van der Waals surface area (Å²) in [5.74, 6) is 0.0996. The molecule has 24 heavy (non-hydrogen) atoms. The van der Waals surface area contributed by atoms with Gasteiger partial charge in [-0.05, 0) is 24.3 Å². The fourth-order valence-corrected chi connectivity index (χ4v) is 2.10. The van der Waals surface area contributed by atoms with Gasteiger partial charge >= 0.3 is 0 Å². The van der Waals surface area contributed by atoms with E-state index in [1.54, 1.807) is 24.3 Å². The van der Waals surface area contributed by atoms with Crippen molar-refractivity contribution in [3.8, 4) is 22.9 Å². The van der Waals surface area contributed by atoms with Crippen LogP contribution in [0.2, 0.25) is 5.02 Å². The van der Waals surface area contributed by atoms with E-state index in [1.807, 2.05) is 0 Å². The Morgan fingerprint density at radius 2 is 1.33 bits per heavy atom. The molecule has 0 saturated heterocycles. The fourth-order valence-electron chi connectivity index (χ4n) is 1.98. The monoisotopic (exact) mass is 346 g/mol. The molecule has 0 bridgehead atoms. The van der Waals surface area contributed by atoms with Crippen molar-refractivity contribution in [2.24, 2.45) is 0 Å². The van der Waals surface area contributed by atoms with Gasteiger partial charge in [0.1, 0.15) is 0 Å². The molecule has 0 fully saturated rings. The second-order valence-corrected chi connectivity index (χ2v) is 5.11. The lowest BCUT2D eigenvalue weighted by molar-refractivity contribution is -0.394. The Morgan fingerprint density at radius 3 is 1.83 bits per heavy atom. The molecule has 0 unspecified atom stereocenters. The first-order chi connectivity index (χ1) is 11.4. The van der Waals surface area contributed by atoms with E-state index in [4.69, 9.17) is 16.0 Å². The minimum atomic E-state index is -0.729. The maximum atomic E-state index is 10.9. The standard InChI is InChI=1S/C14H7ClN4O5/c15-10-3-1-8(2-4-10)13-16-17-14(24-13)9-5-11(18(20)21)7-12(6-9)19(22)23/h1-7H. The maximum absolute atomic E-state index is 10.9. The first-order valence-corrected chi connectivity index (χ1v) is 6.85. The molecule has 0 atom stereocenters. The van der Waals surface area contributed by atoms with E-state index >= 15 is 0 Å². The number of benzene rings is 2. The summed E-state index contributed by atoms with van der Waals surface area (Å²) < 4.78 is 5.45. The van der Waals surface area contributed by atoms with Crippen molar-refractivity contribution in [2.75, 3.05) is 0 Å². The first kappa shape index (κ1) is 15.6. The molecule has 0 amide bonds. The molecule has 1 heterocycles. The second-order valence-electron chi connectivity index (χ2n) is 4.67. The number of hydrogen-bond donors (Lipinski definition) is 0. The highest BCUT2D eigenvalue weighted by Gasteiger charge is 2.20. The summed E-state index contributed by atoms with van der Waals surface area (Å²) in [7, 11) is 0. The molecule has 1 aromatic heterocycles.